The van der Waals surface area contributed by atoms with Gasteiger partial charge in [-0.3, -0.25) is 9.69 Å². The molecule has 1 aromatic carbocycles. The molecule has 0 radical (unpaired) electrons. The van der Waals surface area contributed by atoms with Gasteiger partial charge in [-0.25, -0.2) is 4.98 Å². The molecule has 0 bridgehead atoms. The third-order valence-corrected chi connectivity index (χ3v) is 3.45. The van der Waals surface area contributed by atoms with Gasteiger partial charge in [0.15, 0.2) is 5.76 Å². The van der Waals surface area contributed by atoms with Crippen molar-refractivity contribution < 1.29 is 9.21 Å². The van der Waals surface area contributed by atoms with Crippen LogP contribution in [-0.2, 0) is 11.3 Å². The first kappa shape index (κ1) is 16.5. The first-order chi connectivity index (χ1) is 10.6. The molecule has 22 heavy (non-hydrogen) atoms. The highest BCUT2D eigenvalue weighted by atomic mass is 35.5. The smallest absolute Gasteiger partial charge is 0.234 e. The number of rotatable bonds is 7. The standard InChI is InChI=1S/C16H20ClN3O2/c1-3-18-15(21)10-20(4-2)11-16-19-9-14(22-16)12-6-5-7-13(17)8-12/h5-9H,3-4,10-11H2,1-2H3,(H,18,21). The second-order valence-corrected chi connectivity index (χ2v) is 5.32. The van der Waals surface area contributed by atoms with E-state index in [0.717, 1.165) is 12.1 Å². The Morgan fingerprint density at radius 1 is 1.41 bits per heavy atom. The highest BCUT2D eigenvalue weighted by Gasteiger charge is 2.13. The summed E-state index contributed by atoms with van der Waals surface area (Å²) in [6, 6.07) is 7.43. The van der Waals surface area contributed by atoms with E-state index >= 15 is 0 Å². The number of nitrogens with zero attached hydrogens (tertiary/aromatic N) is 2. The molecule has 0 saturated heterocycles. The third-order valence-electron chi connectivity index (χ3n) is 3.21. The van der Waals surface area contributed by atoms with Crippen LogP contribution in [-0.4, -0.2) is 35.4 Å². The SMILES string of the molecule is CCNC(=O)CN(CC)Cc1ncc(-c2cccc(Cl)c2)o1. The van der Waals surface area contributed by atoms with Gasteiger partial charge in [-0.2, -0.15) is 0 Å². The Kier molecular flexibility index (Phi) is 5.98. The normalized spacial score (nSPS) is 10.9. The Balaban J connectivity index is 2.03. The molecule has 118 valence electrons. The minimum atomic E-state index is 0.00553. The topological polar surface area (TPSA) is 58.4 Å². The van der Waals surface area contributed by atoms with Crippen molar-refractivity contribution in [3.8, 4) is 11.3 Å². The summed E-state index contributed by atoms with van der Waals surface area (Å²) in [6.45, 7) is 6.10. The van der Waals surface area contributed by atoms with Crippen molar-refractivity contribution in [1.29, 1.82) is 0 Å². The highest BCUT2D eigenvalue weighted by Crippen LogP contribution is 2.23. The fourth-order valence-electron chi connectivity index (χ4n) is 2.09. The predicted molar refractivity (Wildman–Crippen MR) is 86.6 cm³/mol. The zero-order valence-electron chi connectivity index (χ0n) is 12.8. The zero-order valence-corrected chi connectivity index (χ0v) is 13.6. The molecule has 0 aliphatic rings. The molecular formula is C16H20ClN3O2. The molecule has 2 rings (SSSR count). The van der Waals surface area contributed by atoms with E-state index in [2.05, 4.69) is 10.3 Å². The van der Waals surface area contributed by atoms with Gasteiger partial charge in [-0.15, -0.1) is 0 Å². The van der Waals surface area contributed by atoms with Crippen LogP contribution in [0, 0.1) is 0 Å². The van der Waals surface area contributed by atoms with E-state index in [4.69, 9.17) is 16.0 Å². The van der Waals surface area contributed by atoms with Crippen LogP contribution in [0.4, 0.5) is 0 Å². The molecule has 0 unspecified atom stereocenters. The van der Waals surface area contributed by atoms with Crippen LogP contribution in [0.5, 0.6) is 0 Å². The van der Waals surface area contributed by atoms with Gasteiger partial charge < -0.3 is 9.73 Å². The number of aromatic nitrogens is 1. The molecule has 0 aliphatic heterocycles. The number of oxazole rings is 1. The van der Waals surface area contributed by atoms with Gasteiger partial charge in [0.2, 0.25) is 11.8 Å². The van der Waals surface area contributed by atoms with Crippen molar-refractivity contribution >= 4 is 17.5 Å². The van der Waals surface area contributed by atoms with Crippen LogP contribution in [0.2, 0.25) is 5.02 Å². The van der Waals surface area contributed by atoms with Gasteiger partial charge in [0.1, 0.15) is 0 Å². The highest BCUT2D eigenvalue weighted by molar-refractivity contribution is 6.30. The molecule has 0 fully saturated rings. The van der Waals surface area contributed by atoms with Crippen LogP contribution in [0.15, 0.2) is 34.9 Å². The maximum absolute atomic E-state index is 11.6. The quantitative estimate of drug-likeness (QED) is 0.851. The lowest BCUT2D eigenvalue weighted by atomic mass is 10.2. The Morgan fingerprint density at radius 3 is 2.91 bits per heavy atom. The van der Waals surface area contributed by atoms with Crippen molar-refractivity contribution in [3.63, 3.8) is 0 Å². The van der Waals surface area contributed by atoms with Gasteiger partial charge in [0.25, 0.3) is 0 Å². The predicted octanol–water partition coefficient (Wildman–Crippen LogP) is 2.95. The second kappa shape index (κ2) is 7.96. The molecule has 1 heterocycles. The summed E-state index contributed by atoms with van der Waals surface area (Å²) in [5, 5.41) is 3.44. The van der Waals surface area contributed by atoms with Crippen molar-refractivity contribution in [3.05, 3.63) is 41.4 Å². The molecule has 1 amide bonds. The number of amides is 1. The van der Waals surface area contributed by atoms with Crippen LogP contribution in [0.25, 0.3) is 11.3 Å². The maximum Gasteiger partial charge on any atom is 0.234 e. The van der Waals surface area contributed by atoms with Gasteiger partial charge in [-0.1, -0.05) is 30.7 Å². The van der Waals surface area contributed by atoms with E-state index in [9.17, 15) is 4.79 Å². The molecule has 0 spiro atoms. The summed E-state index contributed by atoms with van der Waals surface area (Å²) in [6.07, 6.45) is 1.68. The Morgan fingerprint density at radius 2 is 2.23 bits per heavy atom. The summed E-state index contributed by atoms with van der Waals surface area (Å²) < 4.78 is 5.76. The number of hydrogen-bond donors (Lipinski definition) is 1. The zero-order chi connectivity index (χ0) is 15.9. The third kappa shape index (κ3) is 4.58. The fourth-order valence-corrected chi connectivity index (χ4v) is 2.28. The monoisotopic (exact) mass is 321 g/mol. The summed E-state index contributed by atoms with van der Waals surface area (Å²) >= 11 is 5.98. The molecule has 2 aromatic rings. The van der Waals surface area contributed by atoms with Gasteiger partial charge in [0.05, 0.1) is 19.3 Å². The molecule has 5 nitrogen and oxygen atoms in total. The minimum Gasteiger partial charge on any atom is -0.439 e. The van der Waals surface area contributed by atoms with Crippen LogP contribution in [0.3, 0.4) is 0 Å². The van der Waals surface area contributed by atoms with Crippen molar-refractivity contribution in [2.75, 3.05) is 19.6 Å². The van der Waals surface area contributed by atoms with E-state index in [-0.39, 0.29) is 5.91 Å². The van der Waals surface area contributed by atoms with Crippen LogP contribution < -0.4 is 5.32 Å². The van der Waals surface area contributed by atoms with Gasteiger partial charge in [-0.05, 0) is 25.6 Å². The number of carbonyl (C=O) groups is 1. The summed E-state index contributed by atoms with van der Waals surface area (Å²) in [7, 11) is 0. The summed E-state index contributed by atoms with van der Waals surface area (Å²) in [5.41, 5.74) is 0.887. The van der Waals surface area contributed by atoms with Crippen LogP contribution in [0.1, 0.15) is 19.7 Å². The van der Waals surface area contributed by atoms with Crippen molar-refractivity contribution in [2.24, 2.45) is 0 Å². The Bertz CT molecular complexity index is 627. The first-order valence-corrected chi connectivity index (χ1v) is 7.69. The molecule has 6 heteroatoms. The number of hydrogen-bond acceptors (Lipinski definition) is 4. The number of likely N-dealkylation sites (N-methyl/N-ethyl adjacent to an activating group) is 2. The number of carbonyl (C=O) groups excluding carboxylic acids is 1. The maximum atomic E-state index is 11.6. The molecule has 0 atom stereocenters. The molecule has 0 saturated carbocycles. The van der Waals surface area contributed by atoms with Crippen molar-refractivity contribution in [1.82, 2.24) is 15.2 Å². The Hall–Kier alpha value is -1.85. The van der Waals surface area contributed by atoms with E-state index in [1.807, 2.05) is 43.0 Å². The average molecular weight is 322 g/mol. The lowest BCUT2D eigenvalue weighted by Crippen LogP contribution is -2.36. The molecule has 1 N–H and O–H groups in total. The average Bonchev–Trinajstić information content (AvgIpc) is 2.95. The van der Waals surface area contributed by atoms with E-state index in [0.29, 0.717) is 36.3 Å². The van der Waals surface area contributed by atoms with E-state index in [1.54, 1.807) is 6.20 Å². The van der Waals surface area contributed by atoms with E-state index < -0.39 is 0 Å². The molecule has 0 aliphatic carbocycles. The van der Waals surface area contributed by atoms with Crippen LogP contribution >= 0.6 is 11.6 Å². The first-order valence-electron chi connectivity index (χ1n) is 7.32. The number of benzene rings is 1. The van der Waals surface area contributed by atoms with E-state index in [1.165, 1.54) is 0 Å². The summed E-state index contributed by atoms with van der Waals surface area (Å²) in [4.78, 5) is 17.9. The molecule has 1 aromatic heterocycles. The fraction of sp³-hybridized carbons (Fsp3) is 0.375. The number of halogens is 1. The lowest BCUT2D eigenvalue weighted by Gasteiger charge is -2.17. The largest absolute Gasteiger partial charge is 0.439 e. The van der Waals surface area contributed by atoms with Crippen molar-refractivity contribution in [2.45, 2.75) is 20.4 Å². The minimum absolute atomic E-state index is 0.00553. The lowest BCUT2D eigenvalue weighted by molar-refractivity contribution is -0.122. The molecular weight excluding hydrogens is 302 g/mol. The number of nitrogens with one attached hydrogen (secondary N) is 1. The second-order valence-electron chi connectivity index (χ2n) is 4.89. The Labute approximate surface area is 135 Å². The van der Waals surface area contributed by atoms with Gasteiger partial charge >= 0.3 is 0 Å². The van der Waals surface area contributed by atoms with Gasteiger partial charge in [0, 0.05) is 17.1 Å². The summed E-state index contributed by atoms with van der Waals surface area (Å²) in [5.74, 6) is 1.26.